The molecule has 3 nitrogen and oxygen atoms in total. The lowest BCUT2D eigenvalue weighted by Gasteiger charge is -2.32. The van der Waals surface area contributed by atoms with Gasteiger partial charge >= 0.3 is 0 Å². The first kappa shape index (κ1) is 17.7. The summed E-state index contributed by atoms with van der Waals surface area (Å²) in [7, 11) is 2.00. The summed E-state index contributed by atoms with van der Waals surface area (Å²) in [5.41, 5.74) is 3.36. The molecule has 0 atom stereocenters. The van der Waals surface area contributed by atoms with Crippen molar-refractivity contribution in [3.8, 4) is 0 Å². The first-order valence-electron chi connectivity index (χ1n) is 9.33. The molecular weight excluding hydrogens is 308 g/mol. The molecule has 0 bridgehead atoms. The summed E-state index contributed by atoms with van der Waals surface area (Å²) in [6, 6.07) is 18.6. The summed E-state index contributed by atoms with van der Waals surface area (Å²) in [4.78, 5) is 15.0. The van der Waals surface area contributed by atoms with Gasteiger partial charge in [-0.15, -0.1) is 0 Å². The molecule has 1 saturated heterocycles. The number of piperidine rings is 1. The van der Waals surface area contributed by atoms with Gasteiger partial charge in [0.2, 0.25) is 0 Å². The van der Waals surface area contributed by atoms with Crippen molar-refractivity contribution in [1.29, 1.82) is 0 Å². The molecule has 1 aliphatic rings. The fourth-order valence-electron chi connectivity index (χ4n) is 3.67. The Morgan fingerprint density at radius 3 is 2.40 bits per heavy atom. The lowest BCUT2D eigenvalue weighted by atomic mass is 9.95. The molecule has 132 valence electrons. The van der Waals surface area contributed by atoms with Gasteiger partial charge in [0, 0.05) is 18.7 Å². The second-order valence-corrected chi connectivity index (χ2v) is 6.94. The van der Waals surface area contributed by atoms with Crippen LogP contribution in [-0.4, -0.2) is 37.5 Å². The predicted octanol–water partition coefficient (Wildman–Crippen LogP) is 3.54. The molecule has 1 amide bonds. The number of nitrogens with zero attached hydrogens (tertiary/aromatic N) is 1. The fourth-order valence-corrected chi connectivity index (χ4v) is 3.67. The van der Waals surface area contributed by atoms with E-state index in [1.807, 2.05) is 36.2 Å². The van der Waals surface area contributed by atoms with Crippen LogP contribution < -0.4 is 5.32 Å². The number of aryl methyl sites for hydroxylation is 2. The molecule has 0 saturated carbocycles. The van der Waals surface area contributed by atoms with Crippen LogP contribution in [0.2, 0.25) is 0 Å². The van der Waals surface area contributed by atoms with Gasteiger partial charge in [-0.1, -0.05) is 48.5 Å². The van der Waals surface area contributed by atoms with Gasteiger partial charge in [-0.3, -0.25) is 4.79 Å². The zero-order valence-corrected chi connectivity index (χ0v) is 15.1. The highest BCUT2D eigenvalue weighted by atomic mass is 16.2. The number of hydrogen-bond acceptors (Lipinski definition) is 2. The Morgan fingerprint density at radius 1 is 1.00 bits per heavy atom. The van der Waals surface area contributed by atoms with E-state index in [1.165, 1.54) is 5.56 Å². The summed E-state index contributed by atoms with van der Waals surface area (Å²) >= 11 is 0. The van der Waals surface area contributed by atoms with E-state index in [9.17, 15) is 4.79 Å². The monoisotopic (exact) mass is 336 g/mol. The highest BCUT2D eigenvalue weighted by Gasteiger charge is 2.24. The number of benzene rings is 2. The van der Waals surface area contributed by atoms with Gasteiger partial charge in [0.25, 0.3) is 5.91 Å². The molecule has 2 aromatic carbocycles. The van der Waals surface area contributed by atoms with Gasteiger partial charge in [-0.2, -0.15) is 0 Å². The third-order valence-corrected chi connectivity index (χ3v) is 5.17. The van der Waals surface area contributed by atoms with E-state index in [-0.39, 0.29) is 5.91 Å². The maximum absolute atomic E-state index is 13.0. The molecule has 3 rings (SSSR count). The Bertz CT molecular complexity index is 675. The standard InChI is InChI=1S/C22H28N2O/c1-23-17-19-13-15-24(16-14-19)22(25)21-10-6-5-9-20(21)12-11-18-7-3-2-4-8-18/h2-10,19,23H,11-17H2,1H3. The quantitative estimate of drug-likeness (QED) is 0.875. The van der Waals surface area contributed by atoms with E-state index in [0.29, 0.717) is 5.92 Å². The van der Waals surface area contributed by atoms with Gasteiger partial charge in [0.1, 0.15) is 0 Å². The van der Waals surface area contributed by atoms with Crippen molar-refractivity contribution in [3.05, 3.63) is 71.3 Å². The largest absolute Gasteiger partial charge is 0.339 e. The molecule has 1 N–H and O–H groups in total. The van der Waals surface area contributed by atoms with Crippen molar-refractivity contribution in [3.63, 3.8) is 0 Å². The molecule has 0 spiro atoms. The molecule has 0 radical (unpaired) electrons. The molecule has 0 aliphatic carbocycles. The van der Waals surface area contributed by atoms with Crippen LogP contribution in [0.5, 0.6) is 0 Å². The molecule has 25 heavy (non-hydrogen) atoms. The van der Waals surface area contributed by atoms with Crippen molar-refractivity contribution >= 4 is 5.91 Å². The Balaban J connectivity index is 1.65. The first-order valence-corrected chi connectivity index (χ1v) is 9.33. The van der Waals surface area contributed by atoms with Gasteiger partial charge in [0.05, 0.1) is 0 Å². The molecule has 1 fully saturated rings. The van der Waals surface area contributed by atoms with E-state index >= 15 is 0 Å². The third-order valence-electron chi connectivity index (χ3n) is 5.17. The second kappa shape index (κ2) is 8.82. The van der Waals surface area contributed by atoms with E-state index < -0.39 is 0 Å². The van der Waals surface area contributed by atoms with Crippen molar-refractivity contribution in [2.24, 2.45) is 5.92 Å². The number of hydrogen-bond donors (Lipinski definition) is 1. The Hall–Kier alpha value is -2.13. The smallest absolute Gasteiger partial charge is 0.254 e. The topological polar surface area (TPSA) is 32.3 Å². The number of likely N-dealkylation sites (tertiary alicyclic amines) is 1. The summed E-state index contributed by atoms with van der Waals surface area (Å²) in [6.45, 7) is 2.80. The van der Waals surface area contributed by atoms with E-state index in [2.05, 4.69) is 35.6 Å². The summed E-state index contributed by atoms with van der Waals surface area (Å²) < 4.78 is 0. The van der Waals surface area contributed by atoms with Crippen molar-refractivity contribution in [2.45, 2.75) is 25.7 Å². The SMILES string of the molecule is CNCC1CCN(C(=O)c2ccccc2CCc2ccccc2)CC1. The minimum atomic E-state index is 0.201. The normalized spacial score (nSPS) is 15.3. The average Bonchev–Trinajstić information content (AvgIpc) is 2.68. The number of rotatable bonds is 6. The van der Waals surface area contributed by atoms with Crippen LogP contribution in [0.1, 0.15) is 34.3 Å². The van der Waals surface area contributed by atoms with Crippen molar-refractivity contribution in [1.82, 2.24) is 10.2 Å². The molecule has 0 unspecified atom stereocenters. The molecule has 3 heteroatoms. The summed E-state index contributed by atoms with van der Waals surface area (Å²) in [5.74, 6) is 0.897. The Labute approximate surface area is 151 Å². The third kappa shape index (κ3) is 4.70. The van der Waals surface area contributed by atoms with Gasteiger partial charge in [-0.25, -0.2) is 0 Å². The predicted molar refractivity (Wildman–Crippen MR) is 103 cm³/mol. The van der Waals surface area contributed by atoms with Gasteiger partial charge in [0.15, 0.2) is 0 Å². The van der Waals surface area contributed by atoms with Crippen LogP contribution in [0.15, 0.2) is 54.6 Å². The lowest BCUT2D eigenvalue weighted by molar-refractivity contribution is 0.0690. The number of carbonyl (C=O) groups is 1. The lowest BCUT2D eigenvalue weighted by Crippen LogP contribution is -2.40. The number of amides is 1. The van der Waals surface area contributed by atoms with Crippen LogP contribution in [0, 0.1) is 5.92 Å². The first-order chi connectivity index (χ1) is 12.3. The Morgan fingerprint density at radius 2 is 1.68 bits per heavy atom. The zero-order valence-electron chi connectivity index (χ0n) is 15.1. The molecule has 2 aromatic rings. The summed E-state index contributed by atoms with van der Waals surface area (Å²) in [6.07, 6.45) is 4.06. The Kier molecular flexibility index (Phi) is 6.24. The highest BCUT2D eigenvalue weighted by Crippen LogP contribution is 2.21. The van der Waals surface area contributed by atoms with Crippen LogP contribution in [0.3, 0.4) is 0 Å². The summed E-state index contributed by atoms with van der Waals surface area (Å²) in [5, 5.41) is 3.25. The molecular formula is C22H28N2O. The maximum Gasteiger partial charge on any atom is 0.254 e. The minimum absolute atomic E-state index is 0.201. The highest BCUT2D eigenvalue weighted by molar-refractivity contribution is 5.95. The van der Waals surface area contributed by atoms with Crippen LogP contribution in [0.25, 0.3) is 0 Å². The number of carbonyl (C=O) groups excluding carboxylic acids is 1. The van der Waals surface area contributed by atoms with E-state index in [1.54, 1.807) is 0 Å². The second-order valence-electron chi connectivity index (χ2n) is 6.94. The van der Waals surface area contributed by atoms with Crippen molar-refractivity contribution < 1.29 is 4.79 Å². The van der Waals surface area contributed by atoms with Crippen LogP contribution in [-0.2, 0) is 12.8 Å². The van der Waals surface area contributed by atoms with Gasteiger partial charge < -0.3 is 10.2 Å². The molecule has 0 aromatic heterocycles. The maximum atomic E-state index is 13.0. The minimum Gasteiger partial charge on any atom is -0.339 e. The number of nitrogens with one attached hydrogen (secondary N) is 1. The van der Waals surface area contributed by atoms with Crippen LogP contribution >= 0.6 is 0 Å². The zero-order chi connectivity index (χ0) is 17.5. The molecule has 1 heterocycles. The van der Waals surface area contributed by atoms with E-state index in [0.717, 1.165) is 56.4 Å². The average molecular weight is 336 g/mol. The molecule has 1 aliphatic heterocycles. The van der Waals surface area contributed by atoms with Crippen molar-refractivity contribution in [2.75, 3.05) is 26.7 Å². The van der Waals surface area contributed by atoms with E-state index in [4.69, 9.17) is 0 Å². The van der Waals surface area contributed by atoms with Gasteiger partial charge in [-0.05, 0) is 62.4 Å². The van der Waals surface area contributed by atoms with Crippen LogP contribution in [0.4, 0.5) is 0 Å². The fraction of sp³-hybridized carbons (Fsp3) is 0.409.